The molecule has 132 valence electrons. The molecule has 5 nitrogen and oxygen atoms in total. The van der Waals surface area contributed by atoms with Crippen molar-refractivity contribution in [1.82, 2.24) is 14.5 Å². The summed E-state index contributed by atoms with van der Waals surface area (Å²) in [6.45, 7) is 3.84. The van der Waals surface area contributed by atoms with E-state index in [4.69, 9.17) is 9.73 Å². The van der Waals surface area contributed by atoms with E-state index in [0.717, 1.165) is 24.4 Å². The average Bonchev–Trinajstić information content (AvgIpc) is 3.35. The largest absolute Gasteiger partial charge is 0.383 e. The van der Waals surface area contributed by atoms with E-state index in [-0.39, 0.29) is 12.1 Å². The summed E-state index contributed by atoms with van der Waals surface area (Å²) in [5, 5.41) is 1.17. The summed E-state index contributed by atoms with van der Waals surface area (Å²) in [6, 6.07) is 11.3. The van der Waals surface area contributed by atoms with Gasteiger partial charge >= 0.3 is 0 Å². The van der Waals surface area contributed by atoms with E-state index >= 15 is 0 Å². The van der Waals surface area contributed by atoms with E-state index in [9.17, 15) is 0 Å². The maximum absolute atomic E-state index is 5.29. The summed E-state index contributed by atoms with van der Waals surface area (Å²) in [5.74, 6) is 1.12. The van der Waals surface area contributed by atoms with Crippen molar-refractivity contribution < 1.29 is 4.74 Å². The van der Waals surface area contributed by atoms with Gasteiger partial charge in [-0.2, -0.15) is 0 Å². The number of pyridine rings is 1. The normalized spacial score (nSPS) is 25.3. The highest BCUT2D eigenvalue weighted by Crippen LogP contribution is 2.48. The van der Waals surface area contributed by atoms with Crippen molar-refractivity contribution in [2.75, 3.05) is 19.5 Å². The molecule has 4 rings (SSSR count). The van der Waals surface area contributed by atoms with Crippen LogP contribution in [0.3, 0.4) is 0 Å². The monoisotopic (exact) mass is 356 g/mol. The third-order valence-electron chi connectivity index (χ3n) is 5.03. The summed E-state index contributed by atoms with van der Waals surface area (Å²) in [7, 11) is 1.75. The fraction of sp³-hybridized carbons (Fsp3) is 0.474. The van der Waals surface area contributed by atoms with Crippen LogP contribution in [-0.2, 0) is 11.3 Å². The summed E-state index contributed by atoms with van der Waals surface area (Å²) in [5.41, 5.74) is 2.34. The molecule has 0 spiro atoms. The average molecular weight is 356 g/mol. The highest BCUT2D eigenvalue weighted by molar-refractivity contribution is 8.14. The molecule has 0 N–H and O–H groups in total. The Labute approximate surface area is 153 Å². The van der Waals surface area contributed by atoms with Crippen molar-refractivity contribution >= 4 is 16.9 Å². The first-order chi connectivity index (χ1) is 12.3. The van der Waals surface area contributed by atoms with Crippen molar-refractivity contribution in [3.05, 3.63) is 54.1 Å². The van der Waals surface area contributed by atoms with E-state index in [1.54, 1.807) is 7.11 Å². The maximum Gasteiger partial charge on any atom is 0.160 e. The molecule has 2 aliphatic heterocycles. The van der Waals surface area contributed by atoms with Gasteiger partial charge in [-0.3, -0.25) is 9.98 Å². The van der Waals surface area contributed by atoms with Gasteiger partial charge in [-0.1, -0.05) is 24.8 Å². The van der Waals surface area contributed by atoms with Crippen molar-refractivity contribution in [3.63, 3.8) is 0 Å². The van der Waals surface area contributed by atoms with Gasteiger partial charge in [0.1, 0.15) is 6.04 Å². The quantitative estimate of drug-likeness (QED) is 0.794. The van der Waals surface area contributed by atoms with E-state index in [0.29, 0.717) is 12.6 Å². The molecule has 0 aliphatic carbocycles. The Kier molecular flexibility index (Phi) is 4.81. The van der Waals surface area contributed by atoms with Crippen LogP contribution in [0.15, 0.2) is 47.7 Å². The zero-order valence-electron chi connectivity index (χ0n) is 14.7. The van der Waals surface area contributed by atoms with Gasteiger partial charge in [0, 0.05) is 43.5 Å². The highest BCUT2D eigenvalue weighted by Gasteiger charge is 2.46. The first-order valence-electron chi connectivity index (χ1n) is 8.87. The van der Waals surface area contributed by atoms with Gasteiger partial charge in [-0.15, -0.1) is 0 Å². The summed E-state index contributed by atoms with van der Waals surface area (Å²) in [6.07, 6.45) is 5.15. The lowest BCUT2D eigenvalue weighted by Crippen LogP contribution is -2.36. The van der Waals surface area contributed by atoms with Crippen LogP contribution in [0.1, 0.15) is 36.8 Å². The maximum atomic E-state index is 5.29. The Bertz CT molecular complexity index is 745. The van der Waals surface area contributed by atoms with Gasteiger partial charge in [0.2, 0.25) is 0 Å². The Morgan fingerprint density at radius 2 is 2.20 bits per heavy atom. The SMILES string of the molecule is CC[C@@H]1CSC2=N[C@@H](c3ccccn3)[C@@H](c3cccn3CCOC)N21. The molecule has 0 unspecified atom stereocenters. The molecule has 2 aromatic heterocycles. The second kappa shape index (κ2) is 7.22. The zero-order chi connectivity index (χ0) is 17.2. The van der Waals surface area contributed by atoms with Gasteiger partial charge < -0.3 is 14.2 Å². The van der Waals surface area contributed by atoms with Crippen LogP contribution in [0.2, 0.25) is 0 Å². The van der Waals surface area contributed by atoms with Gasteiger partial charge in [-0.25, -0.2) is 0 Å². The van der Waals surface area contributed by atoms with Crippen LogP contribution in [0.25, 0.3) is 0 Å². The minimum absolute atomic E-state index is 0.0502. The molecule has 0 saturated carbocycles. The summed E-state index contributed by atoms with van der Waals surface area (Å²) in [4.78, 5) is 12.2. The molecular weight excluding hydrogens is 332 g/mol. The highest BCUT2D eigenvalue weighted by atomic mass is 32.2. The van der Waals surface area contributed by atoms with Gasteiger partial charge in [-0.05, 0) is 30.7 Å². The van der Waals surface area contributed by atoms with Crippen molar-refractivity contribution in [3.8, 4) is 0 Å². The molecule has 1 fully saturated rings. The molecule has 2 aromatic rings. The van der Waals surface area contributed by atoms with Crippen molar-refractivity contribution in [2.24, 2.45) is 4.99 Å². The minimum Gasteiger partial charge on any atom is -0.383 e. The molecule has 0 bridgehead atoms. The van der Waals surface area contributed by atoms with E-state index in [1.807, 2.05) is 24.0 Å². The lowest BCUT2D eigenvalue weighted by molar-refractivity contribution is 0.182. The number of ether oxygens (including phenoxy) is 1. The first kappa shape index (κ1) is 16.7. The molecule has 0 amide bonds. The minimum atomic E-state index is 0.0502. The van der Waals surface area contributed by atoms with Gasteiger partial charge in [0.15, 0.2) is 5.17 Å². The van der Waals surface area contributed by atoms with Gasteiger partial charge in [0.05, 0.1) is 18.3 Å². The number of thioether (sulfide) groups is 1. The Morgan fingerprint density at radius 1 is 1.28 bits per heavy atom. The number of methoxy groups -OCH3 is 1. The van der Waals surface area contributed by atoms with E-state index < -0.39 is 0 Å². The molecule has 0 radical (unpaired) electrons. The van der Waals surface area contributed by atoms with Crippen molar-refractivity contribution in [2.45, 2.75) is 38.0 Å². The number of nitrogens with zero attached hydrogens (tertiary/aromatic N) is 4. The molecular formula is C19H24N4OS. The molecule has 2 aliphatic rings. The van der Waals surface area contributed by atoms with Crippen LogP contribution in [0.5, 0.6) is 0 Å². The van der Waals surface area contributed by atoms with E-state index in [1.165, 1.54) is 10.9 Å². The molecule has 25 heavy (non-hydrogen) atoms. The third-order valence-corrected chi connectivity index (χ3v) is 6.16. The van der Waals surface area contributed by atoms with Crippen LogP contribution in [0, 0.1) is 0 Å². The standard InChI is InChI=1S/C19H24N4OS/c1-3-14-13-25-19-21-17(15-7-4-5-9-20-15)18(23(14)19)16-8-6-10-22(16)11-12-24-2/h4-10,14,17-18H,3,11-13H2,1-2H3/t14-,17+,18-/m1/s1. The third kappa shape index (κ3) is 2.98. The van der Waals surface area contributed by atoms with Crippen LogP contribution in [0.4, 0.5) is 0 Å². The number of hydrogen-bond donors (Lipinski definition) is 0. The first-order valence-corrected chi connectivity index (χ1v) is 9.86. The number of hydrogen-bond acceptors (Lipinski definition) is 5. The van der Waals surface area contributed by atoms with Crippen LogP contribution in [-0.4, -0.2) is 45.1 Å². The number of aliphatic imine (C=N–C) groups is 1. The fourth-order valence-electron chi connectivity index (χ4n) is 3.76. The fourth-order valence-corrected chi connectivity index (χ4v) is 5.10. The smallest absolute Gasteiger partial charge is 0.160 e. The Hall–Kier alpha value is -1.79. The second-order valence-electron chi connectivity index (χ2n) is 6.46. The topological polar surface area (TPSA) is 42.6 Å². The van der Waals surface area contributed by atoms with Crippen LogP contribution < -0.4 is 0 Å². The Morgan fingerprint density at radius 3 is 2.96 bits per heavy atom. The van der Waals surface area contributed by atoms with Crippen LogP contribution >= 0.6 is 11.8 Å². The lowest BCUT2D eigenvalue weighted by Gasteiger charge is -2.32. The summed E-state index contributed by atoms with van der Waals surface area (Å²) < 4.78 is 7.60. The number of amidine groups is 1. The number of rotatable bonds is 6. The second-order valence-corrected chi connectivity index (χ2v) is 7.44. The Balaban J connectivity index is 1.74. The van der Waals surface area contributed by atoms with Crippen molar-refractivity contribution in [1.29, 1.82) is 0 Å². The predicted molar refractivity (Wildman–Crippen MR) is 102 cm³/mol. The lowest BCUT2D eigenvalue weighted by atomic mass is 9.99. The molecule has 3 atom stereocenters. The molecule has 0 aromatic carbocycles. The zero-order valence-corrected chi connectivity index (χ0v) is 15.5. The molecule has 6 heteroatoms. The van der Waals surface area contributed by atoms with E-state index in [2.05, 4.69) is 51.8 Å². The molecule has 1 saturated heterocycles. The number of aromatic nitrogens is 2. The predicted octanol–water partition coefficient (Wildman–Crippen LogP) is 3.51. The number of fused-ring (bicyclic) bond motifs is 1. The summed E-state index contributed by atoms with van der Waals surface area (Å²) >= 11 is 1.88. The van der Waals surface area contributed by atoms with Gasteiger partial charge in [0.25, 0.3) is 0 Å². The molecule has 4 heterocycles.